The fraction of sp³-hybridized carbons (Fsp3) is 0.385. The quantitative estimate of drug-likeness (QED) is 0.849. The van der Waals surface area contributed by atoms with Crippen molar-refractivity contribution in [2.75, 3.05) is 6.54 Å². The third-order valence-electron chi connectivity index (χ3n) is 2.74. The van der Waals surface area contributed by atoms with Crippen LogP contribution in [0.4, 0.5) is 0 Å². The molecule has 0 aromatic carbocycles. The maximum atomic E-state index is 12.4. The van der Waals surface area contributed by atoms with Crippen molar-refractivity contribution in [3.63, 3.8) is 0 Å². The number of oxazole rings is 1. The van der Waals surface area contributed by atoms with Crippen LogP contribution in [0.3, 0.4) is 0 Å². The second kappa shape index (κ2) is 5.88. The molecule has 2 rings (SSSR count). The van der Waals surface area contributed by atoms with Gasteiger partial charge in [-0.25, -0.2) is 4.98 Å². The first-order valence-electron chi connectivity index (χ1n) is 5.98. The Balaban J connectivity index is 2.17. The lowest BCUT2D eigenvalue weighted by Gasteiger charge is -2.18. The van der Waals surface area contributed by atoms with E-state index >= 15 is 0 Å². The molecule has 1 amide bonds. The molecule has 2 aromatic rings. The molecule has 0 spiro atoms. The van der Waals surface area contributed by atoms with E-state index in [1.165, 1.54) is 0 Å². The molecular weight excluding hydrogens is 328 g/mol. The Hall–Kier alpha value is -1.14. The van der Waals surface area contributed by atoms with Crippen molar-refractivity contribution < 1.29 is 9.21 Å². The van der Waals surface area contributed by atoms with Gasteiger partial charge in [0.2, 0.25) is 5.76 Å². The summed E-state index contributed by atoms with van der Waals surface area (Å²) in [7, 11) is 0. The largest absolute Gasteiger partial charge is 0.436 e. The summed E-state index contributed by atoms with van der Waals surface area (Å²) in [5.41, 5.74) is 0.647. The van der Waals surface area contributed by atoms with Gasteiger partial charge in [-0.2, -0.15) is 0 Å². The fourth-order valence-corrected chi connectivity index (χ4v) is 3.32. The van der Waals surface area contributed by atoms with E-state index in [0.717, 1.165) is 8.66 Å². The minimum atomic E-state index is -0.106. The first-order chi connectivity index (χ1) is 9.01. The lowest BCUT2D eigenvalue weighted by Crippen LogP contribution is -2.30. The Morgan fingerprint density at radius 3 is 2.68 bits per heavy atom. The summed E-state index contributed by atoms with van der Waals surface area (Å²) in [6.07, 6.45) is 0. The van der Waals surface area contributed by atoms with Gasteiger partial charge < -0.3 is 9.32 Å². The Kier molecular flexibility index (Phi) is 4.42. The summed E-state index contributed by atoms with van der Waals surface area (Å²) < 4.78 is 6.46. The molecule has 2 aromatic heterocycles. The normalized spacial score (nSPS) is 10.7. The van der Waals surface area contributed by atoms with E-state index < -0.39 is 0 Å². The van der Waals surface area contributed by atoms with Crippen molar-refractivity contribution in [2.45, 2.75) is 27.3 Å². The molecule has 0 saturated carbocycles. The highest BCUT2D eigenvalue weighted by atomic mass is 79.9. The van der Waals surface area contributed by atoms with Crippen molar-refractivity contribution in [1.82, 2.24) is 9.88 Å². The van der Waals surface area contributed by atoms with Gasteiger partial charge in [0, 0.05) is 18.3 Å². The zero-order chi connectivity index (χ0) is 14.0. The summed E-state index contributed by atoms with van der Waals surface area (Å²) in [4.78, 5) is 19.4. The second-order valence-corrected chi connectivity index (χ2v) is 6.72. The van der Waals surface area contributed by atoms with Crippen LogP contribution in [0.25, 0.3) is 0 Å². The van der Waals surface area contributed by atoms with Gasteiger partial charge in [-0.1, -0.05) is 0 Å². The highest BCUT2D eigenvalue weighted by molar-refractivity contribution is 9.11. The fourth-order valence-electron chi connectivity index (χ4n) is 1.83. The highest BCUT2D eigenvalue weighted by Gasteiger charge is 2.22. The maximum Gasteiger partial charge on any atom is 0.291 e. The topological polar surface area (TPSA) is 46.3 Å². The number of carbonyl (C=O) groups is 1. The molecule has 0 radical (unpaired) electrons. The second-order valence-electron chi connectivity index (χ2n) is 4.17. The van der Waals surface area contributed by atoms with E-state index in [4.69, 9.17) is 4.42 Å². The Morgan fingerprint density at radius 2 is 2.21 bits per heavy atom. The third kappa shape index (κ3) is 3.25. The Morgan fingerprint density at radius 1 is 1.47 bits per heavy atom. The van der Waals surface area contributed by atoms with Crippen LogP contribution in [0.1, 0.15) is 33.9 Å². The van der Waals surface area contributed by atoms with Crippen LogP contribution in [0, 0.1) is 13.8 Å². The molecule has 0 fully saturated rings. The van der Waals surface area contributed by atoms with Crippen LogP contribution in [0.15, 0.2) is 20.3 Å². The molecule has 0 aliphatic heterocycles. The van der Waals surface area contributed by atoms with Crippen LogP contribution in [0.5, 0.6) is 0 Å². The number of aryl methyl sites for hydroxylation is 2. The number of hydrogen-bond acceptors (Lipinski definition) is 4. The van der Waals surface area contributed by atoms with Gasteiger partial charge in [-0.3, -0.25) is 4.79 Å². The van der Waals surface area contributed by atoms with Gasteiger partial charge >= 0.3 is 0 Å². The standard InChI is InChI=1S/C13H15BrN2O2S/c1-4-16(7-10-5-6-11(14)19-10)13(17)12-8(2)15-9(3)18-12/h5-6H,4,7H2,1-3H3. The van der Waals surface area contributed by atoms with Gasteiger partial charge in [0.1, 0.15) is 0 Å². The predicted octanol–water partition coefficient (Wildman–Crippen LogP) is 3.78. The van der Waals surface area contributed by atoms with Crippen LogP contribution in [-0.4, -0.2) is 22.3 Å². The van der Waals surface area contributed by atoms with E-state index in [1.807, 2.05) is 19.1 Å². The average Bonchev–Trinajstić information content (AvgIpc) is 2.91. The molecule has 19 heavy (non-hydrogen) atoms. The van der Waals surface area contributed by atoms with Crippen LogP contribution in [-0.2, 0) is 6.54 Å². The first-order valence-corrected chi connectivity index (χ1v) is 7.59. The first kappa shape index (κ1) is 14.3. The van der Waals surface area contributed by atoms with Crippen molar-refractivity contribution in [1.29, 1.82) is 0 Å². The smallest absolute Gasteiger partial charge is 0.291 e. The molecule has 6 heteroatoms. The zero-order valence-corrected chi connectivity index (χ0v) is 13.5. The van der Waals surface area contributed by atoms with Crippen molar-refractivity contribution in [2.24, 2.45) is 0 Å². The van der Waals surface area contributed by atoms with Crippen LogP contribution < -0.4 is 0 Å². The molecule has 2 heterocycles. The molecule has 0 aliphatic rings. The summed E-state index contributed by atoms with van der Waals surface area (Å²) in [6.45, 7) is 6.72. The SMILES string of the molecule is CCN(Cc1ccc(Br)s1)C(=O)c1oc(C)nc1C. The number of aromatic nitrogens is 1. The molecule has 0 unspecified atom stereocenters. The summed E-state index contributed by atoms with van der Waals surface area (Å²) in [5.74, 6) is 0.760. The third-order valence-corrected chi connectivity index (χ3v) is 4.35. The molecule has 102 valence electrons. The van der Waals surface area contributed by atoms with E-state index in [2.05, 4.69) is 20.9 Å². The number of thiophene rings is 1. The summed E-state index contributed by atoms with van der Waals surface area (Å²) in [6, 6.07) is 4.01. The molecule has 4 nitrogen and oxygen atoms in total. The number of hydrogen-bond donors (Lipinski definition) is 0. The van der Waals surface area contributed by atoms with Crippen LogP contribution >= 0.6 is 27.3 Å². The van der Waals surface area contributed by atoms with E-state index in [0.29, 0.717) is 30.4 Å². The van der Waals surface area contributed by atoms with Crippen LogP contribution in [0.2, 0.25) is 0 Å². The number of nitrogens with zero attached hydrogens (tertiary/aromatic N) is 2. The van der Waals surface area contributed by atoms with Crippen molar-refractivity contribution in [3.8, 4) is 0 Å². The van der Waals surface area contributed by atoms with E-state index in [-0.39, 0.29) is 5.91 Å². The zero-order valence-electron chi connectivity index (χ0n) is 11.1. The predicted molar refractivity (Wildman–Crippen MR) is 78.4 cm³/mol. The van der Waals surface area contributed by atoms with E-state index in [9.17, 15) is 4.79 Å². The minimum absolute atomic E-state index is 0.106. The Bertz CT molecular complexity index is 591. The van der Waals surface area contributed by atoms with Gasteiger partial charge in [-0.05, 0) is 41.9 Å². The monoisotopic (exact) mass is 342 g/mol. The molecular formula is C13H15BrN2O2S. The Labute approximate surface area is 124 Å². The van der Waals surface area contributed by atoms with Crippen molar-refractivity contribution >= 4 is 33.2 Å². The van der Waals surface area contributed by atoms with Crippen molar-refractivity contribution in [3.05, 3.63) is 38.1 Å². The van der Waals surface area contributed by atoms with Gasteiger partial charge in [0.05, 0.1) is 16.0 Å². The number of halogens is 1. The molecule has 0 saturated heterocycles. The lowest BCUT2D eigenvalue weighted by atomic mass is 10.3. The van der Waals surface area contributed by atoms with Gasteiger partial charge in [-0.15, -0.1) is 11.3 Å². The van der Waals surface area contributed by atoms with Gasteiger partial charge in [0.25, 0.3) is 5.91 Å². The van der Waals surface area contributed by atoms with Gasteiger partial charge in [0.15, 0.2) is 5.89 Å². The highest BCUT2D eigenvalue weighted by Crippen LogP contribution is 2.24. The van der Waals surface area contributed by atoms with E-state index in [1.54, 1.807) is 30.1 Å². The maximum absolute atomic E-state index is 12.4. The minimum Gasteiger partial charge on any atom is -0.436 e. The number of carbonyl (C=O) groups excluding carboxylic acids is 1. The number of amides is 1. The summed E-state index contributed by atoms with van der Waals surface area (Å²) in [5, 5.41) is 0. The number of rotatable bonds is 4. The molecule has 0 N–H and O–H groups in total. The lowest BCUT2D eigenvalue weighted by molar-refractivity contribution is 0.0719. The summed E-state index contributed by atoms with van der Waals surface area (Å²) >= 11 is 5.06. The molecule has 0 aliphatic carbocycles. The molecule has 0 atom stereocenters. The average molecular weight is 343 g/mol. The molecule has 0 bridgehead atoms.